The van der Waals surface area contributed by atoms with Crippen LogP contribution in [0.5, 0.6) is 23.0 Å². The molecule has 8 rings (SSSR count). The highest BCUT2D eigenvalue weighted by Crippen LogP contribution is 2.50. The molecule has 234 valence electrons. The molecule has 0 spiro atoms. The summed E-state index contributed by atoms with van der Waals surface area (Å²) in [6.45, 7) is 4.19. The fourth-order valence-electron chi connectivity index (χ4n) is 6.48. The maximum absolute atomic E-state index is 6.67. The Morgan fingerprint density at radius 2 is 0.708 bits per heavy atom. The summed E-state index contributed by atoms with van der Waals surface area (Å²) < 4.78 is 26.0. The molecule has 0 aliphatic rings. The van der Waals surface area contributed by atoms with Crippen molar-refractivity contribution < 1.29 is 18.1 Å². The first-order valence-corrected chi connectivity index (χ1v) is 17.5. The van der Waals surface area contributed by atoms with Gasteiger partial charge in [0, 0.05) is 21.9 Å². The zero-order valence-electron chi connectivity index (χ0n) is 26.5. The van der Waals surface area contributed by atoms with Gasteiger partial charge in [-0.15, -0.1) is 0 Å². The summed E-state index contributed by atoms with van der Waals surface area (Å²) in [5.74, 6) is 3.13. The first kappa shape index (κ1) is 30.2. The molecule has 0 bridgehead atoms. The molecule has 48 heavy (non-hydrogen) atoms. The standard InChI is InChI=1S/C42H32O4P2/c1-27-25-31-15-5-9-21-35(31)39(41(27)45-47-43-37-23-11-17-29-13-3-7-19-33(29)37)40-36-22-10-6-16-32(36)26-28(2)42(40)46-48-44-38-24-12-18-30-14-4-8-20-34(30)38/h3-26,47-48H,1-2H3. The van der Waals surface area contributed by atoms with Gasteiger partial charge in [0.2, 0.25) is 0 Å². The molecular formula is C42H32O4P2. The Morgan fingerprint density at radius 3 is 1.15 bits per heavy atom. The molecule has 0 aliphatic carbocycles. The minimum atomic E-state index is -0.261. The van der Waals surface area contributed by atoms with E-state index in [-0.39, 0.29) is 18.1 Å². The van der Waals surface area contributed by atoms with Crippen molar-refractivity contribution in [1.82, 2.24) is 0 Å². The van der Waals surface area contributed by atoms with Crippen molar-refractivity contribution in [2.24, 2.45) is 0 Å². The smallest absolute Gasteiger partial charge is 0.275 e. The van der Waals surface area contributed by atoms with E-state index in [9.17, 15) is 0 Å². The Morgan fingerprint density at radius 1 is 0.354 bits per heavy atom. The number of fused-ring (bicyclic) bond motifs is 4. The van der Waals surface area contributed by atoms with Gasteiger partial charge in [-0.3, -0.25) is 0 Å². The summed E-state index contributed by atoms with van der Waals surface area (Å²) in [7, 11) is -0.522. The van der Waals surface area contributed by atoms with Gasteiger partial charge in [0.25, 0.3) is 18.1 Å². The summed E-state index contributed by atoms with van der Waals surface area (Å²) in [5, 5.41) is 8.77. The lowest BCUT2D eigenvalue weighted by Crippen LogP contribution is -1.98. The SMILES string of the molecule is Cc1cc2ccccc2c(-c2c(OPOc3cccc4ccccc34)c(C)cc3ccccc23)c1OPOc1cccc2ccccc12. The van der Waals surface area contributed by atoms with Crippen LogP contribution in [-0.4, -0.2) is 0 Å². The van der Waals surface area contributed by atoms with Gasteiger partial charge in [-0.2, -0.15) is 0 Å². The van der Waals surface area contributed by atoms with Crippen molar-refractivity contribution in [3.8, 4) is 34.1 Å². The van der Waals surface area contributed by atoms with E-state index in [0.717, 1.165) is 88.3 Å². The molecule has 6 heteroatoms. The van der Waals surface area contributed by atoms with Crippen molar-refractivity contribution in [1.29, 1.82) is 0 Å². The van der Waals surface area contributed by atoms with Crippen molar-refractivity contribution in [2.75, 3.05) is 0 Å². The lowest BCUT2D eigenvalue weighted by Gasteiger charge is -2.22. The minimum absolute atomic E-state index is 0.261. The Hall–Kier alpha value is -5.14. The molecular weight excluding hydrogens is 630 g/mol. The van der Waals surface area contributed by atoms with Gasteiger partial charge in [0.15, 0.2) is 0 Å². The van der Waals surface area contributed by atoms with Crippen LogP contribution in [0.1, 0.15) is 11.1 Å². The topological polar surface area (TPSA) is 36.9 Å². The van der Waals surface area contributed by atoms with E-state index < -0.39 is 0 Å². The largest absolute Gasteiger partial charge is 0.440 e. The van der Waals surface area contributed by atoms with Crippen LogP contribution in [0.2, 0.25) is 0 Å². The van der Waals surface area contributed by atoms with Gasteiger partial charge < -0.3 is 18.1 Å². The number of benzene rings is 8. The minimum Gasteiger partial charge on any atom is -0.440 e. The average molecular weight is 663 g/mol. The third-order valence-electron chi connectivity index (χ3n) is 8.71. The molecule has 0 saturated heterocycles. The molecule has 0 heterocycles. The Bertz CT molecular complexity index is 2270. The molecule has 0 aromatic heterocycles. The third kappa shape index (κ3) is 5.69. The van der Waals surface area contributed by atoms with Crippen LogP contribution in [-0.2, 0) is 0 Å². The molecule has 8 aromatic rings. The predicted octanol–water partition coefficient (Wildman–Crippen LogP) is 12.5. The summed E-state index contributed by atoms with van der Waals surface area (Å²) in [6, 6.07) is 49.9. The van der Waals surface area contributed by atoms with Gasteiger partial charge in [0.05, 0.1) is 0 Å². The van der Waals surface area contributed by atoms with Crippen molar-refractivity contribution in [3.63, 3.8) is 0 Å². The maximum atomic E-state index is 6.67. The zero-order valence-corrected chi connectivity index (χ0v) is 28.5. The van der Waals surface area contributed by atoms with E-state index in [1.54, 1.807) is 0 Å². The van der Waals surface area contributed by atoms with Crippen LogP contribution in [0.15, 0.2) is 146 Å². The van der Waals surface area contributed by atoms with E-state index in [0.29, 0.717) is 0 Å². The molecule has 0 N–H and O–H groups in total. The second-order valence-corrected chi connectivity index (χ2v) is 12.9. The van der Waals surface area contributed by atoms with Crippen molar-refractivity contribution in [3.05, 3.63) is 157 Å². The average Bonchev–Trinajstić information content (AvgIpc) is 3.12. The van der Waals surface area contributed by atoms with Gasteiger partial charge in [-0.1, -0.05) is 121 Å². The predicted molar refractivity (Wildman–Crippen MR) is 203 cm³/mol. The van der Waals surface area contributed by atoms with E-state index in [2.05, 4.69) is 111 Å². The van der Waals surface area contributed by atoms with E-state index in [4.69, 9.17) is 18.1 Å². The first-order valence-electron chi connectivity index (χ1n) is 15.8. The van der Waals surface area contributed by atoms with Crippen LogP contribution in [0, 0.1) is 13.8 Å². The lowest BCUT2D eigenvalue weighted by atomic mass is 9.89. The molecule has 0 saturated carbocycles. The summed E-state index contributed by atoms with van der Waals surface area (Å²) in [4.78, 5) is 0. The Kier molecular flexibility index (Phi) is 8.29. The first-order chi connectivity index (χ1) is 23.7. The highest BCUT2D eigenvalue weighted by molar-refractivity contribution is 7.27. The Balaban J connectivity index is 1.23. The monoisotopic (exact) mass is 662 g/mol. The summed E-state index contributed by atoms with van der Waals surface area (Å²) in [6.07, 6.45) is 0. The number of hydrogen-bond acceptors (Lipinski definition) is 4. The van der Waals surface area contributed by atoms with E-state index in [1.165, 1.54) is 0 Å². The van der Waals surface area contributed by atoms with E-state index in [1.807, 2.05) is 48.5 Å². The summed E-state index contributed by atoms with van der Waals surface area (Å²) >= 11 is 0. The lowest BCUT2D eigenvalue weighted by molar-refractivity contribution is 0.513. The van der Waals surface area contributed by atoms with Crippen LogP contribution < -0.4 is 18.1 Å². The number of rotatable bonds is 9. The molecule has 0 fully saturated rings. The highest BCUT2D eigenvalue weighted by atomic mass is 31.1. The van der Waals surface area contributed by atoms with Crippen molar-refractivity contribution >= 4 is 61.2 Å². The summed E-state index contributed by atoms with van der Waals surface area (Å²) in [5.41, 5.74) is 3.99. The molecule has 0 aliphatic heterocycles. The van der Waals surface area contributed by atoms with Crippen LogP contribution >= 0.6 is 18.1 Å². The van der Waals surface area contributed by atoms with E-state index >= 15 is 0 Å². The second kappa shape index (κ2) is 13.2. The van der Waals surface area contributed by atoms with Gasteiger partial charge >= 0.3 is 0 Å². The van der Waals surface area contributed by atoms with Crippen LogP contribution in [0.3, 0.4) is 0 Å². The quantitative estimate of drug-likeness (QED) is 0.144. The molecule has 4 nitrogen and oxygen atoms in total. The molecule has 0 amide bonds. The van der Waals surface area contributed by atoms with Crippen molar-refractivity contribution in [2.45, 2.75) is 13.8 Å². The fraction of sp³-hybridized carbons (Fsp3) is 0.0476. The third-order valence-corrected chi connectivity index (χ3v) is 9.90. The second-order valence-electron chi connectivity index (χ2n) is 11.8. The molecule has 2 atom stereocenters. The van der Waals surface area contributed by atoms with Crippen LogP contribution in [0.25, 0.3) is 54.2 Å². The van der Waals surface area contributed by atoms with Gasteiger partial charge in [-0.25, -0.2) is 0 Å². The maximum Gasteiger partial charge on any atom is 0.275 e. The molecule has 0 radical (unpaired) electrons. The fourth-order valence-corrected chi connectivity index (χ4v) is 7.79. The van der Waals surface area contributed by atoms with Gasteiger partial charge in [0.1, 0.15) is 23.0 Å². The number of aryl methyl sites for hydroxylation is 2. The normalized spacial score (nSPS) is 11.8. The number of hydrogen-bond donors (Lipinski definition) is 0. The zero-order chi connectivity index (χ0) is 32.5. The highest BCUT2D eigenvalue weighted by Gasteiger charge is 2.23. The molecule has 8 aromatic carbocycles. The Labute approximate surface area is 283 Å². The van der Waals surface area contributed by atoms with Gasteiger partial charge in [-0.05, 0) is 81.6 Å². The molecule has 2 unspecified atom stereocenters. The van der Waals surface area contributed by atoms with Crippen LogP contribution in [0.4, 0.5) is 0 Å².